The van der Waals surface area contributed by atoms with Gasteiger partial charge in [0.25, 0.3) is 0 Å². The summed E-state index contributed by atoms with van der Waals surface area (Å²) >= 11 is 5.04. The third-order valence-corrected chi connectivity index (χ3v) is 6.74. The summed E-state index contributed by atoms with van der Waals surface area (Å²) in [6.07, 6.45) is 0. The van der Waals surface area contributed by atoms with E-state index < -0.39 is 0 Å². The van der Waals surface area contributed by atoms with Gasteiger partial charge in [-0.15, -0.1) is 10.2 Å². The van der Waals surface area contributed by atoms with Crippen LogP contribution in [0.15, 0.2) is 57.2 Å². The number of hydrogen-bond acceptors (Lipinski definition) is 7. The van der Waals surface area contributed by atoms with Gasteiger partial charge in [0.05, 0.1) is 14.2 Å². The molecule has 130 valence electrons. The van der Waals surface area contributed by atoms with Crippen molar-refractivity contribution < 1.29 is 9.47 Å². The molecule has 0 aliphatic rings. The van der Waals surface area contributed by atoms with Gasteiger partial charge in [-0.3, -0.25) is 0 Å². The summed E-state index contributed by atoms with van der Waals surface area (Å²) in [5.74, 6) is 3.49. The lowest BCUT2D eigenvalue weighted by molar-refractivity contribution is 0.414. The molecule has 2 aromatic carbocycles. The van der Waals surface area contributed by atoms with Crippen molar-refractivity contribution in [3.05, 3.63) is 59.7 Å². The molecule has 0 fully saturated rings. The van der Waals surface area contributed by atoms with Gasteiger partial charge in [0.15, 0.2) is 8.68 Å². The van der Waals surface area contributed by atoms with Gasteiger partial charge in [0.2, 0.25) is 0 Å². The first-order valence-electron chi connectivity index (χ1n) is 7.62. The highest BCUT2D eigenvalue weighted by Crippen LogP contribution is 2.32. The maximum atomic E-state index is 5.25. The average Bonchev–Trinajstić information content (AvgIpc) is 3.13. The SMILES string of the molecule is COc1ccc(CSc2nnc(SCc3cccc(OC)c3)s2)cc1. The summed E-state index contributed by atoms with van der Waals surface area (Å²) in [5.41, 5.74) is 2.46. The molecule has 0 radical (unpaired) electrons. The average molecular weight is 391 g/mol. The summed E-state index contributed by atoms with van der Waals surface area (Å²) in [4.78, 5) is 0. The molecule has 0 aliphatic heterocycles. The van der Waals surface area contributed by atoms with Crippen LogP contribution in [0.3, 0.4) is 0 Å². The maximum Gasteiger partial charge on any atom is 0.175 e. The minimum absolute atomic E-state index is 0.856. The Labute approximate surface area is 160 Å². The molecule has 1 aromatic heterocycles. The Morgan fingerprint density at radius 3 is 2.08 bits per heavy atom. The zero-order valence-electron chi connectivity index (χ0n) is 14.0. The Hall–Kier alpha value is -1.70. The van der Waals surface area contributed by atoms with Crippen LogP contribution < -0.4 is 9.47 Å². The van der Waals surface area contributed by atoms with Crippen molar-refractivity contribution in [3.8, 4) is 11.5 Å². The van der Waals surface area contributed by atoms with E-state index in [1.165, 1.54) is 11.1 Å². The van der Waals surface area contributed by atoms with E-state index in [9.17, 15) is 0 Å². The molecule has 0 spiro atoms. The van der Waals surface area contributed by atoms with Crippen LogP contribution in [0.1, 0.15) is 11.1 Å². The Bertz CT molecular complexity index is 806. The third kappa shape index (κ3) is 5.39. The molecule has 0 unspecified atom stereocenters. The maximum absolute atomic E-state index is 5.25. The van der Waals surface area contributed by atoms with E-state index in [1.54, 1.807) is 49.1 Å². The van der Waals surface area contributed by atoms with E-state index in [0.717, 1.165) is 31.7 Å². The molecule has 3 aromatic rings. The quantitative estimate of drug-likeness (QED) is 0.496. The van der Waals surface area contributed by atoms with Crippen molar-refractivity contribution in [2.45, 2.75) is 20.2 Å². The fourth-order valence-corrected chi connectivity index (χ4v) is 5.01. The molecule has 0 amide bonds. The van der Waals surface area contributed by atoms with E-state index in [4.69, 9.17) is 9.47 Å². The van der Waals surface area contributed by atoms with Crippen molar-refractivity contribution in [1.82, 2.24) is 10.2 Å². The van der Waals surface area contributed by atoms with Crippen LogP contribution in [0.2, 0.25) is 0 Å². The molecule has 1 heterocycles. The number of thioether (sulfide) groups is 2. The fourth-order valence-electron chi connectivity index (χ4n) is 2.09. The number of aromatic nitrogens is 2. The Kier molecular flexibility index (Phi) is 6.61. The third-order valence-electron chi connectivity index (χ3n) is 3.41. The van der Waals surface area contributed by atoms with Gasteiger partial charge in [0, 0.05) is 11.5 Å². The summed E-state index contributed by atoms with van der Waals surface area (Å²) in [5, 5.41) is 8.55. The predicted octanol–water partition coefficient (Wildman–Crippen LogP) is 5.14. The highest BCUT2D eigenvalue weighted by Gasteiger charge is 2.07. The second-order valence-corrected chi connectivity index (χ2v) is 8.53. The first-order chi connectivity index (χ1) is 12.3. The van der Waals surface area contributed by atoms with Crippen molar-refractivity contribution >= 4 is 34.9 Å². The molecule has 7 heteroatoms. The van der Waals surface area contributed by atoms with Crippen molar-refractivity contribution in [3.63, 3.8) is 0 Å². The van der Waals surface area contributed by atoms with Crippen LogP contribution >= 0.6 is 34.9 Å². The molecule has 3 rings (SSSR count). The molecule has 0 atom stereocenters. The van der Waals surface area contributed by atoms with E-state index in [0.29, 0.717) is 0 Å². The topological polar surface area (TPSA) is 44.2 Å². The summed E-state index contributed by atoms with van der Waals surface area (Å²) in [6, 6.07) is 16.2. The van der Waals surface area contributed by atoms with E-state index in [-0.39, 0.29) is 0 Å². The Balaban J connectivity index is 1.51. The van der Waals surface area contributed by atoms with Gasteiger partial charge in [0.1, 0.15) is 11.5 Å². The highest BCUT2D eigenvalue weighted by atomic mass is 32.2. The summed E-state index contributed by atoms with van der Waals surface area (Å²) < 4.78 is 12.4. The number of rotatable bonds is 8. The van der Waals surface area contributed by atoms with Gasteiger partial charge in [-0.25, -0.2) is 0 Å². The van der Waals surface area contributed by atoms with Crippen molar-refractivity contribution in [1.29, 1.82) is 0 Å². The number of methoxy groups -OCH3 is 2. The molecule has 4 nitrogen and oxygen atoms in total. The van der Waals surface area contributed by atoms with Crippen LogP contribution in [0, 0.1) is 0 Å². The second-order valence-electron chi connectivity index (χ2n) is 5.11. The fraction of sp³-hybridized carbons (Fsp3) is 0.222. The zero-order chi connectivity index (χ0) is 17.5. The molecular formula is C18H18N2O2S3. The molecule has 0 saturated carbocycles. The number of ether oxygens (including phenoxy) is 2. The molecule has 0 aliphatic carbocycles. The molecular weight excluding hydrogens is 372 g/mol. The minimum Gasteiger partial charge on any atom is -0.497 e. The van der Waals surface area contributed by atoms with Gasteiger partial charge < -0.3 is 9.47 Å². The molecule has 0 N–H and O–H groups in total. The smallest absolute Gasteiger partial charge is 0.175 e. The number of benzene rings is 2. The van der Waals surface area contributed by atoms with E-state index in [1.807, 2.05) is 30.3 Å². The lowest BCUT2D eigenvalue weighted by Gasteiger charge is -2.02. The van der Waals surface area contributed by atoms with E-state index in [2.05, 4.69) is 28.4 Å². The number of hydrogen-bond donors (Lipinski definition) is 0. The van der Waals surface area contributed by atoms with Gasteiger partial charge in [-0.2, -0.15) is 0 Å². The minimum atomic E-state index is 0.856. The summed E-state index contributed by atoms with van der Waals surface area (Å²) in [6.45, 7) is 0. The van der Waals surface area contributed by atoms with Crippen LogP contribution in [0.25, 0.3) is 0 Å². The first kappa shape index (κ1) is 18.1. The largest absolute Gasteiger partial charge is 0.497 e. The molecule has 0 bridgehead atoms. The molecule has 0 saturated heterocycles. The Morgan fingerprint density at radius 1 is 0.800 bits per heavy atom. The van der Waals surface area contributed by atoms with Crippen LogP contribution in [-0.2, 0) is 11.5 Å². The highest BCUT2D eigenvalue weighted by molar-refractivity contribution is 8.02. The van der Waals surface area contributed by atoms with Gasteiger partial charge in [-0.05, 0) is 35.4 Å². The monoisotopic (exact) mass is 390 g/mol. The van der Waals surface area contributed by atoms with Crippen LogP contribution in [0.4, 0.5) is 0 Å². The van der Waals surface area contributed by atoms with Gasteiger partial charge in [-0.1, -0.05) is 59.1 Å². The number of nitrogens with zero attached hydrogens (tertiary/aromatic N) is 2. The second kappa shape index (κ2) is 9.12. The first-order valence-corrected chi connectivity index (χ1v) is 10.4. The lowest BCUT2D eigenvalue weighted by Crippen LogP contribution is -1.85. The lowest BCUT2D eigenvalue weighted by atomic mass is 10.2. The van der Waals surface area contributed by atoms with E-state index >= 15 is 0 Å². The normalized spacial score (nSPS) is 10.6. The Morgan fingerprint density at radius 2 is 1.44 bits per heavy atom. The van der Waals surface area contributed by atoms with Crippen LogP contribution in [-0.4, -0.2) is 24.4 Å². The van der Waals surface area contributed by atoms with Gasteiger partial charge >= 0.3 is 0 Å². The van der Waals surface area contributed by atoms with Crippen molar-refractivity contribution in [2.75, 3.05) is 14.2 Å². The summed E-state index contributed by atoms with van der Waals surface area (Å²) in [7, 11) is 3.36. The van der Waals surface area contributed by atoms with Crippen LogP contribution in [0.5, 0.6) is 11.5 Å². The predicted molar refractivity (Wildman–Crippen MR) is 105 cm³/mol. The molecule has 25 heavy (non-hydrogen) atoms. The zero-order valence-corrected chi connectivity index (χ0v) is 16.4. The van der Waals surface area contributed by atoms with Crippen molar-refractivity contribution in [2.24, 2.45) is 0 Å². The standard InChI is InChI=1S/C18H18N2O2S3/c1-21-15-8-6-13(7-9-15)11-23-17-19-20-18(25-17)24-12-14-4-3-5-16(10-14)22-2/h3-10H,11-12H2,1-2H3.